The van der Waals surface area contributed by atoms with Crippen LogP contribution in [0.25, 0.3) is 0 Å². The summed E-state index contributed by atoms with van der Waals surface area (Å²) in [5.74, 6) is 0. The zero-order valence-corrected chi connectivity index (χ0v) is 26.7. The lowest BCUT2D eigenvalue weighted by Gasteiger charge is -2.43. The fourth-order valence-electron chi connectivity index (χ4n) is 8.54. The summed E-state index contributed by atoms with van der Waals surface area (Å²) in [5.41, 5.74) is 7.10. The number of nitriles is 1. The lowest BCUT2D eigenvalue weighted by molar-refractivity contribution is -0.0859. The van der Waals surface area contributed by atoms with Gasteiger partial charge >= 0.3 is 6.01 Å². The van der Waals surface area contributed by atoms with Crippen LogP contribution in [0.5, 0.6) is 6.01 Å². The van der Waals surface area contributed by atoms with Crippen LogP contribution >= 0.6 is 0 Å². The highest BCUT2D eigenvalue weighted by molar-refractivity contribution is 5.67. The number of benzene rings is 3. The molecular weight excluding hydrogens is 589 g/mol. The molecule has 3 atom stereocenters. The van der Waals surface area contributed by atoms with Gasteiger partial charge in [0.05, 0.1) is 29.1 Å². The topological polar surface area (TPSA) is 74.5 Å². The smallest absolute Gasteiger partial charge is 0.316 e. The van der Waals surface area contributed by atoms with Crippen LogP contribution in [0.4, 0.5) is 10.1 Å². The van der Waals surface area contributed by atoms with Gasteiger partial charge in [-0.25, -0.2) is 9.37 Å². The SMILES string of the molecule is N#Cc1c(N(Cc2ccccc2)Cc2ccccc2)ccc2c1C1(CCC2)Cc2nc(OC[C@@]34CCCN3C[C@H](F)C4)ncc2CO1. The first kappa shape index (κ1) is 30.0. The Morgan fingerprint density at radius 3 is 2.49 bits per heavy atom. The number of fused-ring (bicyclic) bond motifs is 4. The van der Waals surface area contributed by atoms with E-state index in [-0.39, 0.29) is 5.54 Å². The van der Waals surface area contributed by atoms with Crippen LogP contribution < -0.4 is 9.64 Å². The first-order valence-electron chi connectivity index (χ1n) is 16.9. The van der Waals surface area contributed by atoms with Crippen molar-refractivity contribution < 1.29 is 13.9 Å². The Morgan fingerprint density at radius 2 is 1.74 bits per heavy atom. The minimum Gasteiger partial charge on any atom is -0.461 e. The van der Waals surface area contributed by atoms with Crippen LogP contribution in [0, 0.1) is 11.3 Å². The summed E-state index contributed by atoms with van der Waals surface area (Å²) in [4.78, 5) is 14.0. The third-order valence-corrected chi connectivity index (χ3v) is 10.8. The highest BCUT2D eigenvalue weighted by Crippen LogP contribution is 2.48. The predicted octanol–water partition coefficient (Wildman–Crippen LogP) is 6.81. The number of halogens is 1. The third-order valence-electron chi connectivity index (χ3n) is 10.8. The molecule has 1 spiro atoms. The minimum absolute atomic E-state index is 0.255. The Balaban J connectivity index is 1.12. The van der Waals surface area contributed by atoms with Gasteiger partial charge in [0.15, 0.2) is 0 Å². The van der Waals surface area contributed by atoms with Gasteiger partial charge in [0.1, 0.15) is 24.4 Å². The number of aromatic nitrogens is 2. The fraction of sp³-hybridized carbons (Fsp3) is 0.410. The predicted molar refractivity (Wildman–Crippen MR) is 178 cm³/mol. The molecule has 1 aromatic heterocycles. The van der Waals surface area contributed by atoms with E-state index in [0.29, 0.717) is 57.3 Å². The average Bonchev–Trinajstić information content (AvgIpc) is 3.63. The highest BCUT2D eigenvalue weighted by atomic mass is 19.1. The molecule has 0 amide bonds. The zero-order chi connectivity index (χ0) is 31.8. The largest absolute Gasteiger partial charge is 0.461 e. The van der Waals surface area contributed by atoms with Crippen LogP contribution in [0.3, 0.4) is 0 Å². The van der Waals surface area contributed by atoms with Crippen molar-refractivity contribution in [3.63, 3.8) is 0 Å². The van der Waals surface area contributed by atoms with E-state index in [1.807, 2.05) is 18.3 Å². The molecule has 0 radical (unpaired) electrons. The van der Waals surface area contributed by atoms with Gasteiger partial charge in [0, 0.05) is 49.8 Å². The minimum atomic E-state index is -0.803. The number of alkyl halides is 1. The van der Waals surface area contributed by atoms with Crippen molar-refractivity contribution in [3.8, 4) is 12.1 Å². The van der Waals surface area contributed by atoms with E-state index in [9.17, 15) is 9.65 Å². The van der Waals surface area contributed by atoms with E-state index in [2.05, 4.69) is 81.5 Å². The Labute approximate surface area is 276 Å². The first-order valence-corrected chi connectivity index (χ1v) is 16.9. The number of nitrogens with zero attached hydrogens (tertiary/aromatic N) is 5. The maximum atomic E-state index is 14.4. The molecule has 1 aliphatic carbocycles. The molecule has 1 unspecified atom stereocenters. The van der Waals surface area contributed by atoms with Crippen molar-refractivity contribution in [1.82, 2.24) is 14.9 Å². The highest BCUT2D eigenvalue weighted by Gasteiger charge is 2.49. The number of aryl methyl sites for hydroxylation is 1. The van der Waals surface area contributed by atoms with Gasteiger partial charge in [-0.05, 0) is 61.4 Å². The van der Waals surface area contributed by atoms with Gasteiger partial charge in [-0.3, -0.25) is 4.90 Å². The zero-order valence-electron chi connectivity index (χ0n) is 26.7. The molecule has 4 aromatic rings. The molecule has 240 valence electrons. The molecule has 8 rings (SSSR count). The summed E-state index contributed by atoms with van der Waals surface area (Å²) in [7, 11) is 0. The molecule has 0 saturated carbocycles. The molecular formula is C39H40FN5O2. The summed E-state index contributed by atoms with van der Waals surface area (Å²) in [5, 5.41) is 10.9. The number of hydrogen-bond donors (Lipinski definition) is 0. The van der Waals surface area contributed by atoms with E-state index < -0.39 is 11.8 Å². The van der Waals surface area contributed by atoms with Crippen molar-refractivity contribution in [1.29, 1.82) is 5.26 Å². The first-order chi connectivity index (χ1) is 23.0. The second-order valence-corrected chi connectivity index (χ2v) is 13.7. The van der Waals surface area contributed by atoms with Gasteiger partial charge < -0.3 is 14.4 Å². The van der Waals surface area contributed by atoms with E-state index >= 15 is 0 Å². The lowest BCUT2D eigenvalue weighted by atomic mass is 9.72. The number of rotatable bonds is 8. The van der Waals surface area contributed by atoms with Gasteiger partial charge in [0.2, 0.25) is 0 Å². The standard InChI is InChI=1S/C39H40FN5O2/c40-32-19-38(16-8-18-45(38)25-32)27-46-37-42-22-31-26-47-39(20-34(31)43-37)17-7-13-30-14-15-35(33(21-41)36(30)39)44(23-28-9-3-1-4-10-28)24-29-11-5-2-6-12-29/h1-6,9-12,14-15,22,32H,7-8,13,16-20,23-27H2/t32-,38+,39?/m1/s1. The number of ether oxygens (including phenoxy) is 2. The molecule has 3 aromatic carbocycles. The van der Waals surface area contributed by atoms with Gasteiger partial charge in [-0.2, -0.15) is 10.2 Å². The van der Waals surface area contributed by atoms with E-state index in [0.717, 1.165) is 61.2 Å². The van der Waals surface area contributed by atoms with Crippen LogP contribution in [-0.2, 0) is 42.9 Å². The molecule has 0 bridgehead atoms. The normalized spacial score (nSPS) is 24.7. The molecule has 8 heteroatoms. The number of hydrogen-bond acceptors (Lipinski definition) is 7. The molecule has 4 heterocycles. The maximum Gasteiger partial charge on any atom is 0.316 e. The van der Waals surface area contributed by atoms with Crippen molar-refractivity contribution in [2.45, 2.75) is 82.0 Å². The van der Waals surface area contributed by atoms with E-state index in [1.165, 1.54) is 16.7 Å². The van der Waals surface area contributed by atoms with Gasteiger partial charge in [0.25, 0.3) is 0 Å². The Kier molecular flexibility index (Phi) is 7.90. The summed E-state index contributed by atoms with van der Waals surface area (Å²) >= 11 is 0. The second-order valence-electron chi connectivity index (χ2n) is 13.7. The van der Waals surface area contributed by atoms with Gasteiger partial charge in [-0.1, -0.05) is 66.7 Å². The Bertz CT molecular complexity index is 1760. The van der Waals surface area contributed by atoms with Crippen LogP contribution in [0.2, 0.25) is 0 Å². The van der Waals surface area contributed by atoms with Gasteiger partial charge in [-0.15, -0.1) is 0 Å². The van der Waals surface area contributed by atoms with E-state index in [4.69, 9.17) is 14.5 Å². The summed E-state index contributed by atoms with van der Waals surface area (Å²) in [6.07, 6.45) is 6.77. The summed E-state index contributed by atoms with van der Waals surface area (Å²) in [6.45, 7) is 3.54. The number of anilines is 1. The van der Waals surface area contributed by atoms with Crippen molar-refractivity contribution in [2.75, 3.05) is 24.6 Å². The monoisotopic (exact) mass is 629 g/mol. The molecule has 2 fully saturated rings. The summed E-state index contributed by atoms with van der Waals surface area (Å²) < 4.78 is 27.4. The van der Waals surface area contributed by atoms with Crippen molar-refractivity contribution in [2.24, 2.45) is 0 Å². The Morgan fingerprint density at radius 1 is 0.979 bits per heavy atom. The Hall–Kier alpha value is -4.32. The lowest BCUT2D eigenvalue weighted by Crippen LogP contribution is -2.43. The fourth-order valence-corrected chi connectivity index (χ4v) is 8.54. The molecule has 2 saturated heterocycles. The molecule has 4 aliphatic rings. The molecule has 7 nitrogen and oxygen atoms in total. The van der Waals surface area contributed by atoms with Crippen LogP contribution in [-0.4, -0.2) is 46.3 Å². The maximum absolute atomic E-state index is 14.4. The van der Waals surface area contributed by atoms with E-state index in [1.54, 1.807) is 0 Å². The molecule has 47 heavy (non-hydrogen) atoms. The summed E-state index contributed by atoms with van der Waals surface area (Å²) in [6, 6.07) is 28.2. The van der Waals surface area contributed by atoms with Crippen LogP contribution in [0.15, 0.2) is 79.0 Å². The van der Waals surface area contributed by atoms with Crippen molar-refractivity contribution >= 4 is 5.69 Å². The molecule has 3 aliphatic heterocycles. The van der Waals surface area contributed by atoms with Crippen molar-refractivity contribution in [3.05, 3.63) is 118 Å². The quantitative estimate of drug-likeness (QED) is 0.212. The third kappa shape index (κ3) is 5.66. The second kappa shape index (κ2) is 12.4. The average molecular weight is 630 g/mol. The molecule has 0 N–H and O–H groups in total. The van der Waals surface area contributed by atoms with Crippen LogP contribution in [0.1, 0.15) is 71.2 Å².